The Labute approximate surface area is 239 Å². The third-order valence-electron chi connectivity index (χ3n) is 7.51. The number of quaternary nitrogens is 1. The smallest absolute Gasteiger partial charge is 0.493 e. The first kappa shape index (κ1) is 30.0. The van der Waals surface area contributed by atoms with Crippen molar-refractivity contribution in [3.63, 3.8) is 0 Å². The van der Waals surface area contributed by atoms with Crippen molar-refractivity contribution in [1.29, 1.82) is 0 Å². The highest BCUT2D eigenvalue weighted by Crippen LogP contribution is 2.35. The Morgan fingerprint density at radius 2 is 1.90 bits per heavy atom. The van der Waals surface area contributed by atoms with E-state index < -0.39 is 6.16 Å². The second-order valence-corrected chi connectivity index (χ2v) is 10.3. The average Bonchev–Trinajstić information content (AvgIpc) is 3.40. The van der Waals surface area contributed by atoms with Crippen molar-refractivity contribution < 1.29 is 41.9 Å². The van der Waals surface area contributed by atoms with Crippen LogP contribution in [0.1, 0.15) is 61.5 Å². The molecule has 1 aromatic heterocycles. The van der Waals surface area contributed by atoms with E-state index in [1.165, 1.54) is 19.1 Å². The molecule has 4 rings (SSSR count). The summed E-state index contributed by atoms with van der Waals surface area (Å²) >= 11 is 0. The summed E-state index contributed by atoms with van der Waals surface area (Å²) in [6, 6.07) is 9.63. The largest absolute Gasteiger partial charge is 0.512 e. The van der Waals surface area contributed by atoms with Gasteiger partial charge in [0, 0.05) is 42.2 Å². The Hall–Kier alpha value is -3.92. The van der Waals surface area contributed by atoms with Crippen LogP contribution in [0.3, 0.4) is 0 Å². The van der Waals surface area contributed by atoms with Gasteiger partial charge in [0.05, 0.1) is 39.0 Å². The van der Waals surface area contributed by atoms with Gasteiger partial charge in [0.2, 0.25) is 6.73 Å². The van der Waals surface area contributed by atoms with Gasteiger partial charge in [-0.05, 0) is 43.7 Å². The molecule has 0 spiro atoms. The maximum absolute atomic E-state index is 13.6. The van der Waals surface area contributed by atoms with Gasteiger partial charge in [-0.2, -0.15) is 0 Å². The van der Waals surface area contributed by atoms with Crippen molar-refractivity contribution in [3.05, 3.63) is 65.6 Å². The van der Waals surface area contributed by atoms with E-state index in [4.69, 9.17) is 23.5 Å². The summed E-state index contributed by atoms with van der Waals surface area (Å²) in [4.78, 5) is 24.0. The molecule has 1 aliphatic heterocycles. The highest BCUT2D eigenvalue weighted by molar-refractivity contribution is 5.94. The molecule has 0 amide bonds. The molecule has 10 heteroatoms. The zero-order valence-corrected chi connectivity index (χ0v) is 23.9. The number of halogens is 1. The summed E-state index contributed by atoms with van der Waals surface area (Å²) < 4.78 is 41.7. The quantitative estimate of drug-likeness (QED) is 0.0765. The number of aromatic nitrogens is 1. The van der Waals surface area contributed by atoms with Gasteiger partial charge >= 0.3 is 6.16 Å². The van der Waals surface area contributed by atoms with Crippen LogP contribution < -0.4 is 9.47 Å². The lowest BCUT2D eigenvalue weighted by atomic mass is 9.90. The number of allylic oxidation sites excluding steroid dienone is 1. The number of benzene rings is 2. The van der Waals surface area contributed by atoms with Crippen LogP contribution in [0.15, 0.2) is 53.1 Å². The van der Waals surface area contributed by atoms with Crippen molar-refractivity contribution in [2.24, 2.45) is 0 Å². The summed E-state index contributed by atoms with van der Waals surface area (Å²) in [5.74, 6) is 0.820. The summed E-state index contributed by atoms with van der Waals surface area (Å²) in [5, 5.41) is 5.09. The second kappa shape index (κ2) is 14.1. The minimum atomic E-state index is -0.693. The van der Waals surface area contributed by atoms with Crippen LogP contribution in [0.4, 0.5) is 9.18 Å². The van der Waals surface area contributed by atoms with Crippen LogP contribution in [0.5, 0.6) is 11.5 Å². The lowest BCUT2D eigenvalue weighted by Crippen LogP contribution is -2.55. The van der Waals surface area contributed by atoms with E-state index in [-0.39, 0.29) is 30.9 Å². The number of Topliss-reactive ketones (excluding diaryl/α,β-unsaturated/α-hetero) is 1. The minimum Gasteiger partial charge on any atom is -0.493 e. The number of rotatable bonds is 13. The summed E-state index contributed by atoms with van der Waals surface area (Å²) in [6.07, 6.45) is 6.20. The van der Waals surface area contributed by atoms with E-state index in [9.17, 15) is 14.0 Å². The van der Waals surface area contributed by atoms with Crippen LogP contribution in [-0.2, 0) is 9.47 Å². The molecule has 2 aromatic carbocycles. The predicted octanol–water partition coefficient (Wildman–Crippen LogP) is 6.42. The van der Waals surface area contributed by atoms with E-state index in [1.807, 2.05) is 13.0 Å². The van der Waals surface area contributed by atoms with E-state index in [0.717, 1.165) is 43.4 Å². The number of likely N-dealkylation sites (tertiary alicyclic amines) is 1. The molecule has 1 fully saturated rings. The van der Waals surface area contributed by atoms with Crippen LogP contribution in [0, 0.1) is 5.82 Å². The van der Waals surface area contributed by atoms with Gasteiger partial charge < -0.3 is 23.5 Å². The maximum atomic E-state index is 13.6. The molecule has 0 saturated carbocycles. The number of carbonyl (C=O) groups is 2. The molecular weight excluding hydrogens is 531 g/mol. The van der Waals surface area contributed by atoms with E-state index in [0.29, 0.717) is 46.7 Å². The normalized spacial score (nSPS) is 18.9. The Morgan fingerprint density at radius 3 is 2.63 bits per heavy atom. The standard InChI is InChI=1S/C31H38FN2O7/c1-4-5-6-17-39-31(36)40-21-34(14-7-18-38-27-11-8-24(22(2)35)19-29(27)37-3)15-12-23(13-16-34)30-26-10-9-25(32)20-28(26)41-33-30/h5-6,8-11,19-20,23H,4,7,12-18,21H2,1-3H3/q+1. The van der Waals surface area contributed by atoms with Crippen LogP contribution in [-0.4, -0.2) is 68.3 Å². The minimum absolute atomic E-state index is 0.0459. The molecule has 0 atom stereocenters. The van der Waals surface area contributed by atoms with Crippen molar-refractivity contribution in [2.75, 3.05) is 46.7 Å². The van der Waals surface area contributed by atoms with Gasteiger partial charge in [0.1, 0.15) is 12.4 Å². The number of hydrogen-bond donors (Lipinski definition) is 0. The Morgan fingerprint density at radius 1 is 1.10 bits per heavy atom. The molecule has 41 heavy (non-hydrogen) atoms. The van der Waals surface area contributed by atoms with E-state index in [2.05, 4.69) is 5.16 Å². The van der Waals surface area contributed by atoms with Crippen molar-refractivity contribution >= 4 is 22.9 Å². The molecule has 1 aliphatic rings. The SMILES string of the molecule is CCC=CCOC(=O)OC[N+]1(CCCOc2ccc(C(C)=O)cc2OC)CCC(c2noc3cc(F)ccc23)CC1. The Bertz CT molecular complexity index is 1360. The maximum Gasteiger partial charge on any atom is 0.512 e. The van der Waals surface area contributed by atoms with Gasteiger partial charge in [-0.25, -0.2) is 9.18 Å². The molecule has 0 unspecified atom stereocenters. The number of piperidine rings is 1. The highest BCUT2D eigenvalue weighted by Gasteiger charge is 2.37. The van der Waals surface area contributed by atoms with Gasteiger partial charge in [0.25, 0.3) is 0 Å². The lowest BCUT2D eigenvalue weighted by molar-refractivity contribution is -0.948. The third-order valence-corrected chi connectivity index (χ3v) is 7.51. The van der Waals surface area contributed by atoms with E-state index in [1.54, 1.807) is 37.5 Å². The Kier molecular flexibility index (Phi) is 10.3. The van der Waals surface area contributed by atoms with Crippen molar-refractivity contribution in [3.8, 4) is 11.5 Å². The number of nitrogens with zero attached hydrogens (tertiary/aromatic N) is 2. The van der Waals surface area contributed by atoms with Gasteiger partial charge in [0.15, 0.2) is 22.9 Å². The molecule has 220 valence electrons. The molecule has 0 aliphatic carbocycles. The van der Waals surface area contributed by atoms with E-state index >= 15 is 0 Å². The molecule has 2 heterocycles. The molecule has 3 aromatic rings. The zero-order chi connectivity index (χ0) is 29.2. The van der Waals surface area contributed by atoms with Crippen LogP contribution in [0.2, 0.25) is 0 Å². The number of ketones is 1. The van der Waals surface area contributed by atoms with Gasteiger partial charge in [-0.3, -0.25) is 9.28 Å². The average molecular weight is 570 g/mol. The molecule has 0 N–H and O–H groups in total. The van der Waals surface area contributed by atoms with Crippen molar-refractivity contribution in [1.82, 2.24) is 5.16 Å². The number of ether oxygens (including phenoxy) is 4. The summed E-state index contributed by atoms with van der Waals surface area (Å²) in [5.41, 5.74) is 1.84. The number of methoxy groups -OCH3 is 1. The van der Waals surface area contributed by atoms with Gasteiger partial charge in [-0.15, -0.1) is 0 Å². The first-order chi connectivity index (χ1) is 19.8. The number of carbonyl (C=O) groups excluding carboxylic acids is 2. The van der Waals surface area contributed by atoms with Gasteiger partial charge in [-0.1, -0.05) is 24.2 Å². The first-order valence-corrected chi connectivity index (χ1v) is 14.0. The molecule has 0 bridgehead atoms. The fourth-order valence-electron chi connectivity index (χ4n) is 5.20. The molecule has 9 nitrogen and oxygen atoms in total. The topological polar surface area (TPSA) is 97.1 Å². The zero-order valence-electron chi connectivity index (χ0n) is 23.9. The van der Waals surface area contributed by atoms with Crippen molar-refractivity contribution in [2.45, 2.75) is 45.4 Å². The number of hydrogen-bond acceptors (Lipinski definition) is 8. The predicted molar refractivity (Wildman–Crippen MR) is 151 cm³/mol. The lowest BCUT2D eigenvalue weighted by Gasteiger charge is -2.42. The fraction of sp³-hybridized carbons (Fsp3) is 0.452. The molecule has 0 radical (unpaired) electrons. The highest BCUT2D eigenvalue weighted by atomic mass is 19.1. The second-order valence-electron chi connectivity index (χ2n) is 10.3. The molecular formula is C31H38FN2O7+. The summed E-state index contributed by atoms with van der Waals surface area (Å²) in [6.45, 7) is 6.51. The first-order valence-electron chi connectivity index (χ1n) is 14.0. The fourth-order valence-corrected chi connectivity index (χ4v) is 5.20. The van der Waals surface area contributed by atoms with Crippen LogP contribution >= 0.6 is 0 Å². The third kappa shape index (κ3) is 7.85. The summed E-state index contributed by atoms with van der Waals surface area (Å²) in [7, 11) is 1.54. The number of fused-ring (bicyclic) bond motifs is 1. The Balaban J connectivity index is 1.39. The molecule has 1 saturated heterocycles. The van der Waals surface area contributed by atoms with Crippen LogP contribution in [0.25, 0.3) is 11.0 Å². The monoisotopic (exact) mass is 569 g/mol.